The average molecular weight is 290 g/mol. The van der Waals surface area contributed by atoms with E-state index in [1.165, 1.54) is 6.42 Å². The minimum atomic E-state index is -0.331. The maximum absolute atomic E-state index is 13.0. The van der Waals surface area contributed by atoms with Crippen molar-refractivity contribution in [2.75, 3.05) is 6.54 Å². The summed E-state index contributed by atoms with van der Waals surface area (Å²) in [5, 5.41) is 3.65. The molecule has 1 spiro atoms. The molecule has 116 valence electrons. The Balaban J connectivity index is 1.89. The first-order valence-electron chi connectivity index (χ1n) is 8.26. The summed E-state index contributed by atoms with van der Waals surface area (Å²) in [5.74, 6) is 0.294. The van der Waals surface area contributed by atoms with Crippen LogP contribution >= 0.6 is 0 Å². The van der Waals surface area contributed by atoms with Crippen molar-refractivity contribution < 1.29 is 4.79 Å². The van der Waals surface area contributed by atoms with Crippen molar-refractivity contribution in [2.24, 2.45) is 0 Å². The van der Waals surface area contributed by atoms with Crippen LogP contribution in [0, 0.1) is 6.92 Å². The van der Waals surface area contributed by atoms with Crippen molar-refractivity contribution in [3.8, 4) is 0 Å². The molecule has 1 aliphatic heterocycles. The highest BCUT2D eigenvalue weighted by atomic mass is 16.2. The molecule has 1 aromatic rings. The lowest BCUT2D eigenvalue weighted by Crippen LogP contribution is -2.48. The summed E-state index contributed by atoms with van der Waals surface area (Å²) in [4.78, 5) is 22.7. The molecule has 2 heterocycles. The van der Waals surface area contributed by atoms with Gasteiger partial charge in [0.05, 0.1) is 17.6 Å². The molecule has 0 radical (unpaired) electrons. The number of carbonyl (C=O) groups excluding carboxylic acids is 1. The zero-order valence-electron chi connectivity index (χ0n) is 13.1. The summed E-state index contributed by atoms with van der Waals surface area (Å²) in [7, 11) is 0. The largest absolute Gasteiger partial charge is 0.348 e. The topological polar surface area (TPSA) is 61.0 Å². The van der Waals surface area contributed by atoms with Gasteiger partial charge in [-0.1, -0.05) is 32.6 Å². The third-order valence-electron chi connectivity index (χ3n) is 4.98. The first kappa shape index (κ1) is 14.6. The van der Waals surface area contributed by atoms with Gasteiger partial charge in [-0.05, 0) is 26.2 Å². The quantitative estimate of drug-likeness (QED) is 0.896. The van der Waals surface area contributed by atoms with Gasteiger partial charge in [0, 0.05) is 12.2 Å². The number of hydrogen-bond donors (Lipinski definition) is 2. The zero-order chi connectivity index (χ0) is 14.9. The van der Waals surface area contributed by atoms with Crippen LogP contribution in [0.3, 0.4) is 0 Å². The number of hydrogen-bond acceptors (Lipinski definition) is 3. The van der Waals surface area contributed by atoms with Gasteiger partial charge in [-0.2, -0.15) is 0 Å². The molecule has 21 heavy (non-hydrogen) atoms. The Morgan fingerprint density at radius 1 is 1.38 bits per heavy atom. The van der Waals surface area contributed by atoms with Crippen molar-refractivity contribution >= 4 is 5.91 Å². The first-order chi connectivity index (χ1) is 10.2. The highest BCUT2D eigenvalue weighted by Gasteiger charge is 2.52. The molecule has 2 aliphatic rings. The second-order valence-electron chi connectivity index (χ2n) is 6.45. The maximum Gasteiger partial charge on any atom is 0.244 e. The van der Waals surface area contributed by atoms with Crippen LogP contribution < -0.4 is 5.32 Å². The van der Waals surface area contributed by atoms with Crippen molar-refractivity contribution in [1.82, 2.24) is 20.2 Å². The van der Waals surface area contributed by atoms with Crippen molar-refractivity contribution in [2.45, 2.75) is 70.5 Å². The summed E-state index contributed by atoms with van der Waals surface area (Å²) >= 11 is 0. The van der Waals surface area contributed by atoms with E-state index in [-0.39, 0.29) is 11.7 Å². The normalized spacial score (nSPS) is 25.0. The van der Waals surface area contributed by atoms with E-state index < -0.39 is 0 Å². The van der Waals surface area contributed by atoms with Gasteiger partial charge in [-0.3, -0.25) is 10.1 Å². The molecule has 5 heteroatoms. The van der Waals surface area contributed by atoms with E-state index in [1.54, 1.807) is 6.33 Å². The minimum absolute atomic E-state index is 0.0617. The molecule has 1 atom stereocenters. The Bertz CT molecular complexity index is 504. The van der Waals surface area contributed by atoms with Gasteiger partial charge in [0.1, 0.15) is 6.17 Å². The third-order valence-corrected chi connectivity index (χ3v) is 4.98. The standard InChI is InChI=1S/C16H26N4O/c1-3-4-10-20-14(13-12(2)17-11-18-13)19-16(15(20)21)8-6-5-7-9-16/h11,14,19H,3-10H2,1-2H3,(H,17,18)/t14-/m1/s1. The molecule has 1 amide bonds. The average Bonchev–Trinajstić information content (AvgIpc) is 3.02. The first-order valence-corrected chi connectivity index (χ1v) is 8.26. The molecule has 1 aromatic heterocycles. The maximum atomic E-state index is 13.0. The SMILES string of the molecule is CCCCN1C(=O)C2(CCCCC2)N[C@H]1c1nc[nH]c1C. The number of imidazole rings is 1. The Labute approximate surface area is 126 Å². The highest BCUT2D eigenvalue weighted by molar-refractivity contribution is 5.89. The van der Waals surface area contributed by atoms with Crippen molar-refractivity contribution in [3.05, 3.63) is 17.7 Å². The Morgan fingerprint density at radius 2 is 2.14 bits per heavy atom. The second-order valence-corrected chi connectivity index (χ2v) is 6.45. The number of aryl methyl sites for hydroxylation is 1. The van der Waals surface area contributed by atoms with Crippen LogP contribution in [0.4, 0.5) is 0 Å². The monoisotopic (exact) mass is 290 g/mol. The molecule has 5 nitrogen and oxygen atoms in total. The van der Waals surface area contributed by atoms with Gasteiger partial charge in [0.25, 0.3) is 0 Å². The van der Waals surface area contributed by atoms with E-state index >= 15 is 0 Å². The van der Waals surface area contributed by atoms with Gasteiger partial charge >= 0.3 is 0 Å². The fourth-order valence-electron chi connectivity index (χ4n) is 3.73. The molecule has 2 N–H and O–H groups in total. The second kappa shape index (κ2) is 5.79. The number of rotatable bonds is 4. The predicted molar refractivity (Wildman–Crippen MR) is 81.6 cm³/mol. The number of nitrogens with zero attached hydrogens (tertiary/aromatic N) is 2. The zero-order valence-corrected chi connectivity index (χ0v) is 13.1. The van der Waals surface area contributed by atoms with Gasteiger partial charge in [0.15, 0.2) is 0 Å². The molecule has 0 unspecified atom stereocenters. The number of aromatic nitrogens is 2. The van der Waals surface area contributed by atoms with Crippen LogP contribution in [0.1, 0.15) is 69.4 Å². The number of nitrogens with one attached hydrogen (secondary N) is 2. The van der Waals surface area contributed by atoms with Crippen LogP contribution in [-0.4, -0.2) is 32.9 Å². The lowest BCUT2D eigenvalue weighted by molar-refractivity contribution is -0.134. The third kappa shape index (κ3) is 2.48. The van der Waals surface area contributed by atoms with Crippen molar-refractivity contribution in [3.63, 3.8) is 0 Å². The van der Waals surface area contributed by atoms with E-state index in [0.717, 1.165) is 56.5 Å². The molecule has 2 fully saturated rings. The lowest BCUT2D eigenvalue weighted by atomic mass is 9.81. The molecule has 1 saturated heterocycles. The predicted octanol–water partition coefficient (Wildman–Crippen LogP) is 2.65. The Kier molecular flexibility index (Phi) is 4.02. The lowest BCUT2D eigenvalue weighted by Gasteiger charge is -2.31. The van der Waals surface area contributed by atoms with Gasteiger partial charge < -0.3 is 9.88 Å². The Morgan fingerprint density at radius 3 is 2.76 bits per heavy atom. The smallest absolute Gasteiger partial charge is 0.244 e. The number of carbonyl (C=O) groups is 1. The molecule has 0 bridgehead atoms. The van der Waals surface area contributed by atoms with E-state index in [0.29, 0.717) is 5.91 Å². The van der Waals surface area contributed by atoms with Gasteiger partial charge in [0.2, 0.25) is 5.91 Å². The number of unbranched alkanes of at least 4 members (excludes halogenated alkanes) is 1. The molecule has 1 saturated carbocycles. The van der Waals surface area contributed by atoms with Gasteiger partial charge in [-0.25, -0.2) is 4.98 Å². The molecule has 1 aliphatic carbocycles. The molecular weight excluding hydrogens is 264 g/mol. The number of amides is 1. The van der Waals surface area contributed by atoms with Crippen LogP contribution in [-0.2, 0) is 4.79 Å². The van der Waals surface area contributed by atoms with Crippen molar-refractivity contribution in [1.29, 1.82) is 0 Å². The number of aromatic amines is 1. The molecule has 0 aromatic carbocycles. The van der Waals surface area contributed by atoms with E-state index in [9.17, 15) is 4.79 Å². The molecule has 3 rings (SSSR count). The van der Waals surface area contributed by atoms with Gasteiger partial charge in [-0.15, -0.1) is 0 Å². The van der Waals surface area contributed by atoms with E-state index in [2.05, 4.69) is 22.2 Å². The summed E-state index contributed by atoms with van der Waals surface area (Å²) in [5.41, 5.74) is 1.69. The Hall–Kier alpha value is -1.36. The summed E-state index contributed by atoms with van der Waals surface area (Å²) in [6.45, 7) is 5.01. The fourth-order valence-corrected chi connectivity index (χ4v) is 3.73. The van der Waals surface area contributed by atoms with Crippen LogP contribution in [0.2, 0.25) is 0 Å². The van der Waals surface area contributed by atoms with E-state index in [1.807, 2.05) is 11.8 Å². The van der Waals surface area contributed by atoms with E-state index in [4.69, 9.17) is 0 Å². The summed E-state index contributed by atoms with van der Waals surface area (Å²) < 4.78 is 0. The van der Waals surface area contributed by atoms with Crippen LogP contribution in [0.5, 0.6) is 0 Å². The summed E-state index contributed by atoms with van der Waals surface area (Å²) in [6, 6.07) is 0. The van der Waals surface area contributed by atoms with Crippen LogP contribution in [0.25, 0.3) is 0 Å². The number of H-pyrrole nitrogens is 1. The highest BCUT2D eigenvalue weighted by Crippen LogP contribution is 2.39. The fraction of sp³-hybridized carbons (Fsp3) is 0.750. The summed E-state index contributed by atoms with van der Waals surface area (Å²) in [6.07, 6.45) is 9.28. The molecular formula is C16H26N4O. The minimum Gasteiger partial charge on any atom is -0.348 e. The van der Waals surface area contributed by atoms with Crippen LogP contribution in [0.15, 0.2) is 6.33 Å².